The zero-order valence-corrected chi connectivity index (χ0v) is 13.6. The Morgan fingerprint density at radius 3 is 2.86 bits per heavy atom. The molecule has 3 atom stereocenters. The maximum atomic E-state index is 12.6. The molecule has 3 unspecified atom stereocenters. The highest BCUT2D eigenvalue weighted by Gasteiger charge is 2.36. The van der Waals surface area contributed by atoms with Gasteiger partial charge in [-0.25, -0.2) is 0 Å². The second kappa shape index (κ2) is 8.74. The summed E-state index contributed by atoms with van der Waals surface area (Å²) in [6, 6.07) is 0.346. The van der Waals surface area contributed by atoms with Gasteiger partial charge in [0, 0.05) is 13.0 Å². The minimum Gasteiger partial charge on any atom is -0.374 e. The molecule has 4 nitrogen and oxygen atoms in total. The molecule has 0 spiro atoms. The third-order valence-electron chi connectivity index (χ3n) is 5.09. The Labute approximate surface area is 129 Å². The second-order valence-corrected chi connectivity index (χ2v) is 6.62. The summed E-state index contributed by atoms with van der Waals surface area (Å²) in [6.07, 6.45) is 10.1. The van der Waals surface area contributed by atoms with E-state index in [2.05, 4.69) is 11.8 Å². The maximum Gasteiger partial charge on any atom is 0.222 e. The normalized spacial score (nSPS) is 27.2. The summed E-state index contributed by atoms with van der Waals surface area (Å²) in [5, 5.41) is 0. The minimum atomic E-state index is 0.298. The van der Waals surface area contributed by atoms with Gasteiger partial charge < -0.3 is 15.4 Å². The Balaban J connectivity index is 1.83. The molecule has 1 saturated carbocycles. The van der Waals surface area contributed by atoms with Crippen molar-refractivity contribution in [3.05, 3.63) is 0 Å². The first-order valence-electron chi connectivity index (χ1n) is 8.87. The van der Waals surface area contributed by atoms with E-state index in [9.17, 15) is 4.79 Å². The van der Waals surface area contributed by atoms with Gasteiger partial charge in [-0.1, -0.05) is 32.6 Å². The first-order valence-corrected chi connectivity index (χ1v) is 8.87. The lowest BCUT2D eigenvalue weighted by molar-refractivity contribution is -0.149. The highest BCUT2D eigenvalue weighted by Crippen LogP contribution is 2.29. The standard InChI is InChI=1S/C17H32N2O2/c1-2-5-14(10-11-18)8-9-17(20)19-12-13-21-16-7-4-3-6-15(16)19/h14-16H,2-13,18H2,1H3. The lowest BCUT2D eigenvalue weighted by Gasteiger charge is -2.44. The Kier molecular flexibility index (Phi) is 6.97. The molecule has 2 aliphatic rings. The van der Waals surface area contributed by atoms with E-state index < -0.39 is 0 Å². The maximum absolute atomic E-state index is 12.6. The highest BCUT2D eigenvalue weighted by atomic mass is 16.5. The third kappa shape index (κ3) is 4.68. The number of morpholine rings is 1. The molecule has 0 aromatic rings. The van der Waals surface area contributed by atoms with Crippen LogP contribution in [0.3, 0.4) is 0 Å². The lowest BCUT2D eigenvalue weighted by atomic mass is 9.89. The summed E-state index contributed by atoms with van der Waals surface area (Å²) < 4.78 is 5.85. The summed E-state index contributed by atoms with van der Waals surface area (Å²) in [4.78, 5) is 14.7. The summed E-state index contributed by atoms with van der Waals surface area (Å²) in [6.45, 7) is 4.45. The van der Waals surface area contributed by atoms with Crippen LogP contribution in [0.25, 0.3) is 0 Å². The lowest BCUT2D eigenvalue weighted by Crippen LogP contribution is -2.54. The van der Waals surface area contributed by atoms with Gasteiger partial charge in [0.15, 0.2) is 0 Å². The van der Waals surface area contributed by atoms with Gasteiger partial charge in [-0.3, -0.25) is 4.79 Å². The van der Waals surface area contributed by atoms with Crippen molar-refractivity contribution in [1.29, 1.82) is 0 Å². The molecule has 0 aromatic carbocycles. The van der Waals surface area contributed by atoms with Crippen LogP contribution in [0.1, 0.15) is 64.7 Å². The van der Waals surface area contributed by atoms with Crippen molar-refractivity contribution in [1.82, 2.24) is 4.90 Å². The van der Waals surface area contributed by atoms with Crippen molar-refractivity contribution in [2.75, 3.05) is 19.7 Å². The molecule has 1 saturated heterocycles. The first-order chi connectivity index (χ1) is 10.3. The molecule has 1 aliphatic heterocycles. The molecule has 122 valence electrons. The predicted octanol–water partition coefficient (Wildman–Crippen LogP) is 2.70. The van der Waals surface area contributed by atoms with Crippen LogP contribution in [-0.4, -0.2) is 42.6 Å². The average Bonchev–Trinajstić information content (AvgIpc) is 2.52. The molecule has 0 aromatic heterocycles. The van der Waals surface area contributed by atoms with Crippen LogP contribution in [-0.2, 0) is 9.53 Å². The van der Waals surface area contributed by atoms with Crippen LogP contribution >= 0.6 is 0 Å². The monoisotopic (exact) mass is 296 g/mol. The molecule has 1 amide bonds. The van der Waals surface area contributed by atoms with Gasteiger partial charge in [0.1, 0.15) is 0 Å². The Hall–Kier alpha value is -0.610. The van der Waals surface area contributed by atoms with Gasteiger partial charge in [0.2, 0.25) is 5.91 Å². The molecular weight excluding hydrogens is 264 g/mol. The largest absolute Gasteiger partial charge is 0.374 e. The summed E-state index contributed by atoms with van der Waals surface area (Å²) in [5.41, 5.74) is 5.68. The zero-order chi connectivity index (χ0) is 15.1. The number of fused-ring (bicyclic) bond motifs is 1. The molecule has 1 heterocycles. The van der Waals surface area contributed by atoms with Crippen molar-refractivity contribution in [2.45, 2.75) is 76.9 Å². The van der Waals surface area contributed by atoms with E-state index in [4.69, 9.17) is 10.5 Å². The summed E-state index contributed by atoms with van der Waals surface area (Å²) >= 11 is 0. The predicted molar refractivity (Wildman–Crippen MR) is 85.0 cm³/mol. The van der Waals surface area contributed by atoms with Crippen LogP contribution in [0.15, 0.2) is 0 Å². The number of hydrogen-bond acceptors (Lipinski definition) is 3. The fourth-order valence-electron chi connectivity index (χ4n) is 3.95. The number of carbonyl (C=O) groups is 1. The van der Waals surface area contributed by atoms with Crippen molar-refractivity contribution in [2.24, 2.45) is 11.7 Å². The quantitative estimate of drug-likeness (QED) is 0.786. The van der Waals surface area contributed by atoms with Gasteiger partial charge in [-0.2, -0.15) is 0 Å². The van der Waals surface area contributed by atoms with Crippen LogP contribution in [0.5, 0.6) is 0 Å². The molecule has 1 aliphatic carbocycles. The molecule has 21 heavy (non-hydrogen) atoms. The van der Waals surface area contributed by atoms with Gasteiger partial charge in [0.05, 0.1) is 18.8 Å². The Bertz CT molecular complexity index is 314. The molecule has 2 N–H and O–H groups in total. The molecule has 0 bridgehead atoms. The van der Waals surface area contributed by atoms with Crippen LogP contribution in [0.4, 0.5) is 0 Å². The smallest absolute Gasteiger partial charge is 0.222 e. The van der Waals surface area contributed by atoms with E-state index in [1.165, 1.54) is 25.7 Å². The van der Waals surface area contributed by atoms with E-state index in [1.807, 2.05) is 0 Å². The van der Waals surface area contributed by atoms with Crippen LogP contribution in [0, 0.1) is 5.92 Å². The minimum absolute atomic E-state index is 0.298. The molecule has 0 radical (unpaired) electrons. The van der Waals surface area contributed by atoms with Crippen molar-refractivity contribution in [3.8, 4) is 0 Å². The average molecular weight is 296 g/mol. The fourth-order valence-corrected chi connectivity index (χ4v) is 3.95. The number of nitrogens with two attached hydrogens (primary N) is 1. The van der Waals surface area contributed by atoms with Crippen LogP contribution < -0.4 is 5.73 Å². The molecular formula is C17H32N2O2. The third-order valence-corrected chi connectivity index (χ3v) is 5.09. The summed E-state index contributed by atoms with van der Waals surface area (Å²) in [5.74, 6) is 0.959. The number of hydrogen-bond donors (Lipinski definition) is 1. The topological polar surface area (TPSA) is 55.6 Å². The highest BCUT2D eigenvalue weighted by molar-refractivity contribution is 5.76. The second-order valence-electron chi connectivity index (χ2n) is 6.62. The Morgan fingerprint density at radius 1 is 1.29 bits per heavy atom. The number of rotatable bonds is 7. The number of nitrogens with zero attached hydrogens (tertiary/aromatic N) is 1. The SMILES string of the molecule is CCCC(CCN)CCC(=O)N1CCOC2CCCCC21. The van der Waals surface area contributed by atoms with E-state index in [0.29, 0.717) is 37.0 Å². The van der Waals surface area contributed by atoms with E-state index in [-0.39, 0.29) is 0 Å². The van der Waals surface area contributed by atoms with Gasteiger partial charge in [-0.05, 0) is 38.1 Å². The van der Waals surface area contributed by atoms with E-state index in [0.717, 1.165) is 38.8 Å². The summed E-state index contributed by atoms with van der Waals surface area (Å²) in [7, 11) is 0. The van der Waals surface area contributed by atoms with Crippen LogP contribution in [0.2, 0.25) is 0 Å². The van der Waals surface area contributed by atoms with Crippen molar-refractivity contribution < 1.29 is 9.53 Å². The van der Waals surface area contributed by atoms with Gasteiger partial charge in [-0.15, -0.1) is 0 Å². The molecule has 4 heteroatoms. The van der Waals surface area contributed by atoms with E-state index >= 15 is 0 Å². The fraction of sp³-hybridized carbons (Fsp3) is 0.941. The number of amides is 1. The van der Waals surface area contributed by atoms with Crippen molar-refractivity contribution >= 4 is 5.91 Å². The van der Waals surface area contributed by atoms with Gasteiger partial charge >= 0.3 is 0 Å². The van der Waals surface area contributed by atoms with Gasteiger partial charge in [0.25, 0.3) is 0 Å². The van der Waals surface area contributed by atoms with Crippen molar-refractivity contribution in [3.63, 3.8) is 0 Å². The first kappa shape index (κ1) is 16.8. The Morgan fingerprint density at radius 2 is 2.10 bits per heavy atom. The molecule has 2 fully saturated rings. The number of carbonyl (C=O) groups excluding carboxylic acids is 1. The molecule has 2 rings (SSSR count). The zero-order valence-electron chi connectivity index (χ0n) is 13.6. The number of ether oxygens (including phenoxy) is 1. The van der Waals surface area contributed by atoms with E-state index in [1.54, 1.807) is 0 Å².